The first-order valence-electron chi connectivity index (χ1n) is 10.9. The van der Waals surface area contributed by atoms with Gasteiger partial charge in [0.25, 0.3) is 0 Å². The third-order valence-corrected chi connectivity index (χ3v) is 6.27. The number of nitrogens with zero attached hydrogens (tertiary/aromatic N) is 4. The summed E-state index contributed by atoms with van der Waals surface area (Å²) in [6.07, 6.45) is 4.18. The highest BCUT2D eigenvalue weighted by Gasteiger charge is 2.25. The van der Waals surface area contributed by atoms with Crippen LogP contribution in [-0.4, -0.2) is 60.0 Å². The van der Waals surface area contributed by atoms with E-state index in [4.69, 9.17) is 14.5 Å². The minimum absolute atomic E-state index is 0.0319. The van der Waals surface area contributed by atoms with Crippen LogP contribution in [0.3, 0.4) is 0 Å². The monoisotopic (exact) mass is 425 g/mol. The standard InChI is InChI=1S/C23H28FN5O2/c1-15-4-3-10-28(15)20-8-5-16(12-26-20)23-27-21-18(24)6-7-19(30-2)22(21)29(23)14-17-13-25-9-11-31-17/h5-8,12,15,17,25H,3-4,9-11,13-14H2,1-2H3/t15-,17-/m0/s1. The summed E-state index contributed by atoms with van der Waals surface area (Å²) in [5.41, 5.74) is 1.79. The van der Waals surface area contributed by atoms with Crippen LogP contribution in [0, 0.1) is 5.82 Å². The maximum atomic E-state index is 14.7. The molecule has 2 saturated heterocycles. The Bertz CT molecular complexity index is 1060. The van der Waals surface area contributed by atoms with Crippen molar-refractivity contribution in [3.05, 3.63) is 36.3 Å². The van der Waals surface area contributed by atoms with Crippen LogP contribution in [0.1, 0.15) is 19.8 Å². The van der Waals surface area contributed by atoms with Crippen molar-refractivity contribution in [1.82, 2.24) is 19.9 Å². The zero-order chi connectivity index (χ0) is 21.4. The van der Waals surface area contributed by atoms with Crippen molar-refractivity contribution >= 4 is 16.9 Å². The van der Waals surface area contributed by atoms with Gasteiger partial charge in [0.1, 0.15) is 28.4 Å². The summed E-state index contributed by atoms with van der Waals surface area (Å²) >= 11 is 0. The van der Waals surface area contributed by atoms with Crippen LogP contribution < -0.4 is 15.0 Å². The number of morpholine rings is 1. The van der Waals surface area contributed by atoms with E-state index in [0.29, 0.717) is 41.8 Å². The maximum absolute atomic E-state index is 14.7. The van der Waals surface area contributed by atoms with Crippen LogP contribution in [0.25, 0.3) is 22.4 Å². The summed E-state index contributed by atoms with van der Waals surface area (Å²) in [7, 11) is 1.59. The van der Waals surface area contributed by atoms with Crippen molar-refractivity contribution < 1.29 is 13.9 Å². The molecule has 0 radical (unpaired) electrons. The third kappa shape index (κ3) is 3.74. The van der Waals surface area contributed by atoms with Crippen molar-refractivity contribution in [3.8, 4) is 17.1 Å². The minimum Gasteiger partial charge on any atom is -0.494 e. The Labute approximate surface area is 181 Å². The Hall–Kier alpha value is -2.71. The van der Waals surface area contributed by atoms with Crippen molar-refractivity contribution in [2.45, 2.75) is 38.5 Å². The Kier molecular flexibility index (Phi) is 5.50. The van der Waals surface area contributed by atoms with Gasteiger partial charge in [0.2, 0.25) is 0 Å². The van der Waals surface area contributed by atoms with Gasteiger partial charge in [-0.2, -0.15) is 0 Å². The molecule has 0 aliphatic carbocycles. The second kappa shape index (κ2) is 8.43. The van der Waals surface area contributed by atoms with Gasteiger partial charge < -0.3 is 24.3 Å². The minimum atomic E-state index is -0.367. The molecule has 0 amide bonds. The third-order valence-electron chi connectivity index (χ3n) is 6.27. The summed E-state index contributed by atoms with van der Waals surface area (Å²) in [4.78, 5) is 11.7. The van der Waals surface area contributed by atoms with Gasteiger partial charge in [-0.1, -0.05) is 0 Å². The number of methoxy groups -OCH3 is 1. The van der Waals surface area contributed by atoms with Crippen molar-refractivity contribution in [2.24, 2.45) is 0 Å². The number of anilines is 1. The number of ether oxygens (including phenoxy) is 2. The fourth-order valence-electron chi connectivity index (χ4n) is 4.64. The quantitative estimate of drug-likeness (QED) is 0.677. The molecule has 7 nitrogen and oxygen atoms in total. The molecule has 8 heteroatoms. The smallest absolute Gasteiger partial charge is 0.151 e. The van der Waals surface area contributed by atoms with Crippen LogP contribution in [-0.2, 0) is 11.3 Å². The molecular formula is C23H28FN5O2. The number of fused-ring (bicyclic) bond motifs is 1. The number of aromatic nitrogens is 3. The number of hydrogen-bond donors (Lipinski definition) is 1. The lowest BCUT2D eigenvalue weighted by Gasteiger charge is -2.25. The van der Waals surface area contributed by atoms with E-state index in [9.17, 15) is 4.39 Å². The Morgan fingerprint density at radius 2 is 2.19 bits per heavy atom. The molecule has 2 atom stereocenters. The number of nitrogens with one attached hydrogen (secondary N) is 1. The normalized spacial score (nSPS) is 21.7. The topological polar surface area (TPSA) is 64.4 Å². The zero-order valence-corrected chi connectivity index (χ0v) is 18.0. The fourth-order valence-corrected chi connectivity index (χ4v) is 4.64. The van der Waals surface area contributed by atoms with Crippen LogP contribution in [0.2, 0.25) is 0 Å². The predicted octanol–water partition coefficient (Wildman–Crippen LogP) is 3.22. The summed E-state index contributed by atoms with van der Waals surface area (Å²) in [6, 6.07) is 7.60. The molecule has 1 N–H and O–H groups in total. The number of pyridine rings is 1. The maximum Gasteiger partial charge on any atom is 0.151 e. The average molecular weight is 426 g/mol. The van der Waals surface area contributed by atoms with Gasteiger partial charge >= 0.3 is 0 Å². The van der Waals surface area contributed by atoms with Crippen LogP contribution in [0.4, 0.5) is 10.2 Å². The zero-order valence-electron chi connectivity index (χ0n) is 18.0. The van der Waals surface area contributed by atoms with E-state index < -0.39 is 0 Å². The van der Waals surface area contributed by atoms with Gasteiger partial charge in [-0.3, -0.25) is 0 Å². The number of hydrogen-bond acceptors (Lipinski definition) is 6. The van der Waals surface area contributed by atoms with E-state index in [1.165, 1.54) is 18.9 Å². The van der Waals surface area contributed by atoms with E-state index in [0.717, 1.165) is 31.0 Å². The van der Waals surface area contributed by atoms with Crippen LogP contribution >= 0.6 is 0 Å². The van der Waals surface area contributed by atoms with E-state index in [-0.39, 0.29) is 11.9 Å². The van der Waals surface area contributed by atoms with Crippen molar-refractivity contribution in [1.29, 1.82) is 0 Å². The lowest BCUT2D eigenvalue weighted by Crippen LogP contribution is -2.40. The van der Waals surface area contributed by atoms with E-state index in [1.54, 1.807) is 13.2 Å². The molecule has 5 rings (SSSR count). The molecule has 2 aromatic heterocycles. The van der Waals surface area contributed by atoms with Gasteiger partial charge in [-0.15, -0.1) is 0 Å². The Morgan fingerprint density at radius 1 is 1.29 bits per heavy atom. The molecule has 2 fully saturated rings. The van der Waals surface area contributed by atoms with Gasteiger partial charge in [0.05, 0.1) is 26.4 Å². The molecule has 4 heterocycles. The summed E-state index contributed by atoms with van der Waals surface area (Å²) in [6.45, 7) is 6.04. The molecule has 0 unspecified atom stereocenters. The number of halogens is 1. The lowest BCUT2D eigenvalue weighted by atomic mass is 10.2. The number of imidazole rings is 1. The second-order valence-corrected chi connectivity index (χ2v) is 8.28. The molecule has 2 aliphatic heterocycles. The van der Waals surface area contributed by atoms with Crippen molar-refractivity contribution in [2.75, 3.05) is 38.3 Å². The highest BCUT2D eigenvalue weighted by molar-refractivity contribution is 5.86. The molecular weight excluding hydrogens is 397 g/mol. The first-order valence-corrected chi connectivity index (χ1v) is 10.9. The van der Waals surface area contributed by atoms with Gasteiger partial charge in [-0.05, 0) is 44.0 Å². The van der Waals surface area contributed by atoms with Gasteiger partial charge in [0.15, 0.2) is 5.82 Å². The van der Waals surface area contributed by atoms with Gasteiger partial charge in [-0.25, -0.2) is 14.4 Å². The van der Waals surface area contributed by atoms with E-state index in [2.05, 4.69) is 22.1 Å². The molecule has 0 spiro atoms. The highest BCUT2D eigenvalue weighted by Crippen LogP contribution is 2.34. The Morgan fingerprint density at radius 3 is 2.87 bits per heavy atom. The first-order chi connectivity index (χ1) is 15.2. The van der Waals surface area contributed by atoms with Gasteiger partial charge in [0, 0.05) is 37.4 Å². The van der Waals surface area contributed by atoms with Crippen molar-refractivity contribution in [3.63, 3.8) is 0 Å². The molecule has 164 valence electrons. The van der Waals surface area contributed by atoms with E-state index in [1.807, 2.05) is 22.9 Å². The SMILES string of the molecule is COc1ccc(F)c2nc(-c3ccc(N4CCC[C@@H]4C)nc3)n(C[C@@H]3CNCCO3)c12. The highest BCUT2D eigenvalue weighted by atomic mass is 19.1. The van der Waals surface area contributed by atoms with Crippen LogP contribution in [0.15, 0.2) is 30.5 Å². The molecule has 0 bridgehead atoms. The first kappa shape index (κ1) is 20.2. The summed E-state index contributed by atoms with van der Waals surface area (Å²) in [5, 5.41) is 3.36. The number of rotatable bonds is 5. The number of benzene rings is 1. The Balaban J connectivity index is 1.58. The predicted molar refractivity (Wildman–Crippen MR) is 118 cm³/mol. The molecule has 0 saturated carbocycles. The average Bonchev–Trinajstić information content (AvgIpc) is 3.40. The molecule has 2 aliphatic rings. The fraction of sp³-hybridized carbons (Fsp3) is 0.478. The van der Waals surface area contributed by atoms with Crippen LogP contribution in [0.5, 0.6) is 5.75 Å². The molecule has 3 aromatic rings. The lowest BCUT2D eigenvalue weighted by molar-refractivity contribution is 0.0191. The molecule has 1 aromatic carbocycles. The summed E-state index contributed by atoms with van der Waals surface area (Å²) in [5.74, 6) is 1.87. The second-order valence-electron chi connectivity index (χ2n) is 8.28. The summed E-state index contributed by atoms with van der Waals surface area (Å²) < 4.78 is 28.2. The molecule has 31 heavy (non-hydrogen) atoms. The van der Waals surface area contributed by atoms with E-state index >= 15 is 0 Å². The largest absolute Gasteiger partial charge is 0.494 e.